The van der Waals surface area contributed by atoms with Crippen molar-refractivity contribution in [2.45, 2.75) is 96.3 Å². The van der Waals surface area contributed by atoms with Gasteiger partial charge in [0.2, 0.25) is 0 Å². The molecule has 0 aromatic rings. The Hall–Kier alpha value is -0.560. The van der Waals surface area contributed by atoms with Gasteiger partial charge in [-0.2, -0.15) is 0 Å². The summed E-state index contributed by atoms with van der Waals surface area (Å²) in [5.41, 5.74) is 0. The van der Waals surface area contributed by atoms with Crippen LogP contribution in [0.5, 0.6) is 0 Å². The summed E-state index contributed by atoms with van der Waals surface area (Å²) in [5, 5.41) is 8.69. The van der Waals surface area contributed by atoms with Crippen molar-refractivity contribution in [3.05, 3.63) is 24.8 Å². The van der Waals surface area contributed by atoms with Crippen LogP contribution < -0.4 is 0 Å². The molecule has 0 unspecified atom stereocenters. The molecule has 0 heterocycles. The number of unbranched alkanes of at least 4 members (excludes halogenated alkanes) is 14. The Bertz CT molecular complexity index is 220. The van der Waals surface area contributed by atoms with E-state index in [1.807, 2.05) is 12.2 Å². The van der Waals surface area contributed by atoms with E-state index in [1.54, 1.807) is 0 Å². The number of aliphatic hydroxyl groups is 1. The summed E-state index contributed by atoms with van der Waals surface area (Å²) >= 11 is 0. The molecule has 0 aromatic heterocycles. The van der Waals surface area contributed by atoms with E-state index in [0.717, 1.165) is 6.42 Å². The monoisotopic (exact) mass is 294 g/mol. The maximum atomic E-state index is 8.69. The molecule has 0 radical (unpaired) electrons. The minimum Gasteiger partial charge on any atom is -0.396 e. The van der Waals surface area contributed by atoms with E-state index in [0.29, 0.717) is 6.61 Å². The highest BCUT2D eigenvalue weighted by Gasteiger charge is 1.94. The number of hydrogen-bond donors (Lipinski definition) is 1. The molecule has 124 valence electrons. The fraction of sp³-hybridized carbons (Fsp3) is 0.800. The van der Waals surface area contributed by atoms with E-state index >= 15 is 0 Å². The molecule has 21 heavy (non-hydrogen) atoms. The fourth-order valence-corrected chi connectivity index (χ4v) is 2.69. The second-order valence-corrected chi connectivity index (χ2v) is 6.13. The predicted octanol–water partition coefficient (Wildman–Crippen LogP) is 6.57. The zero-order valence-corrected chi connectivity index (χ0v) is 14.2. The van der Waals surface area contributed by atoms with Crippen LogP contribution in [0.15, 0.2) is 24.8 Å². The van der Waals surface area contributed by atoms with Gasteiger partial charge in [-0.05, 0) is 19.3 Å². The van der Waals surface area contributed by atoms with Crippen LogP contribution in [0.25, 0.3) is 0 Å². The van der Waals surface area contributed by atoms with Gasteiger partial charge in [-0.25, -0.2) is 0 Å². The van der Waals surface area contributed by atoms with E-state index in [-0.39, 0.29) is 0 Å². The maximum Gasteiger partial charge on any atom is 0.0431 e. The van der Waals surface area contributed by atoms with Crippen molar-refractivity contribution >= 4 is 0 Å². The van der Waals surface area contributed by atoms with Crippen molar-refractivity contribution in [1.29, 1.82) is 0 Å². The molecule has 0 aliphatic heterocycles. The van der Waals surface area contributed by atoms with E-state index in [9.17, 15) is 0 Å². The largest absolute Gasteiger partial charge is 0.396 e. The average molecular weight is 295 g/mol. The Balaban J connectivity index is 2.96. The molecule has 0 bridgehead atoms. The highest BCUT2D eigenvalue weighted by molar-refractivity contribution is 4.96. The molecule has 1 heteroatoms. The Kier molecular flexibility index (Phi) is 18.9. The lowest BCUT2D eigenvalue weighted by Crippen LogP contribution is -1.85. The lowest BCUT2D eigenvalue weighted by Gasteiger charge is -2.03. The molecule has 0 amide bonds. The maximum absolute atomic E-state index is 8.69. The van der Waals surface area contributed by atoms with E-state index in [1.165, 1.54) is 89.9 Å². The molecule has 0 aromatic carbocycles. The lowest BCUT2D eigenvalue weighted by molar-refractivity contribution is 0.282. The third-order valence-corrected chi connectivity index (χ3v) is 4.05. The molecule has 1 N–H and O–H groups in total. The minimum atomic E-state index is 0.367. The number of aliphatic hydroxyl groups excluding tert-OH is 1. The molecule has 0 fully saturated rings. The molecular formula is C20H38O. The van der Waals surface area contributed by atoms with Gasteiger partial charge in [0.05, 0.1) is 0 Å². The van der Waals surface area contributed by atoms with E-state index < -0.39 is 0 Å². The molecule has 0 aliphatic rings. The first-order valence-corrected chi connectivity index (χ1v) is 9.30. The van der Waals surface area contributed by atoms with Crippen LogP contribution in [0.1, 0.15) is 96.3 Å². The zero-order valence-electron chi connectivity index (χ0n) is 14.2. The van der Waals surface area contributed by atoms with Gasteiger partial charge in [0.25, 0.3) is 0 Å². The Morgan fingerprint density at radius 2 is 0.952 bits per heavy atom. The van der Waals surface area contributed by atoms with Gasteiger partial charge in [0.1, 0.15) is 0 Å². The molecule has 1 nitrogen and oxygen atoms in total. The van der Waals surface area contributed by atoms with Crippen LogP contribution in [0, 0.1) is 0 Å². The quantitative estimate of drug-likeness (QED) is 0.237. The molecule has 0 atom stereocenters. The summed E-state index contributed by atoms with van der Waals surface area (Å²) in [4.78, 5) is 0. The minimum absolute atomic E-state index is 0.367. The van der Waals surface area contributed by atoms with Gasteiger partial charge < -0.3 is 5.11 Å². The molecule has 0 spiro atoms. The summed E-state index contributed by atoms with van der Waals surface area (Å²) in [6.45, 7) is 4.04. The van der Waals surface area contributed by atoms with Crippen molar-refractivity contribution in [3.63, 3.8) is 0 Å². The average Bonchev–Trinajstić information content (AvgIpc) is 2.50. The molecule has 0 aliphatic carbocycles. The first kappa shape index (κ1) is 20.4. The Morgan fingerprint density at radius 3 is 1.33 bits per heavy atom. The smallest absolute Gasteiger partial charge is 0.0431 e. The Labute approximate surface area is 133 Å². The van der Waals surface area contributed by atoms with Gasteiger partial charge in [0, 0.05) is 6.61 Å². The summed E-state index contributed by atoms with van der Waals surface area (Å²) in [5.74, 6) is 0. The first-order chi connectivity index (χ1) is 10.4. The van der Waals surface area contributed by atoms with Crippen LogP contribution in [-0.2, 0) is 0 Å². The Morgan fingerprint density at radius 1 is 0.571 bits per heavy atom. The van der Waals surface area contributed by atoms with Crippen molar-refractivity contribution < 1.29 is 5.11 Å². The van der Waals surface area contributed by atoms with Gasteiger partial charge in [0.15, 0.2) is 0 Å². The van der Waals surface area contributed by atoms with Crippen LogP contribution in [-0.4, -0.2) is 11.7 Å². The van der Waals surface area contributed by atoms with Crippen LogP contribution in [0.3, 0.4) is 0 Å². The van der Waals surface area contributed by atoms with Crippen molar-refractivity contribution in [3.8, 4) is 0 Å². The summed E-state index contributed by atoms with van der Waals surface area (Å²) in [6.07, 6.45) is 26.3. The fourth-order valence-electron chi connectivity index (χ4n) is 2.69. The summed E-state index contributed by atoms with van der Waals surface area (Å²) in [6, 6.07) is 0. The normalized spacial score (nSPS) is 11.3. The third-order valence-electron chi connectivity index (χ3n) is 4.05. The second kappa shape index (κ2) is 19.4. The highest BCUT2D eigenvalue weighted by atomic mass is 16.2. The topological polar surface area (TPSA) is 20.2 Å². The predicted molar refractivity (Wildman–Crippen MR) is 95.7 cm³/mol. The van der Waals surface area contributed by atoms with Gasteiger partial charge in [-0.1, -0.05) is 102 Å². The summed E-state index contributed by atoms with van der Waals surface area (Å²) < 4.78 is 0. The van der Waals surface area contributed by atoms with E-state index in [2.05, 4.69) is 12.7 Å². The number of hydrogen-bond acceptors (Lipinski definition) is 1. The summed E-state index contributed by atoms with van der Waals surface area (Å²) in [7, 11) is 0. The number of rotatable bonds is 17. The van der Waals surface area contributed by atoms with Gasteiger partial charge >= 0.3 is 0 Å². The van der Waals surface area contributed by atoms with Crippen LogP contribution >= 0.6 is 0 Å². The second-order valence-electron chi connectivity index (χ2n) is 6.13. The third kappa shape index (κ3) is 19.4. The van der Waals surface area contributed by atoms with E-state index in [4.69, 9.17) is 5.11 Å². The number of allylic oxidation sites excluding steroid dienone is 3. The van der Waals surface area contributed by atoms with Gasteiger partial charge in [-0.3, -0.25) is 0 Å². The molecule has 0 saturated heterocycles. The van der Waals surface area contributed by atoms with Crippen molar-refractivity contribution in [2.24, 2.45) is 0 Å². The van der Waals surface area contributed by atoms with Crippen molar-refractivity contribution in [2.75, 3.05) is 6.61 Å². The molecule has 0 rings (SSSR count). The van der Waals surface area contributed by atoms with Crippen LogP contribution in [0.2, 0.25) is 0 Å². The standard InChI is InChI=1S/C20H38O/c1-2-3-4-5-6-7-8-9-10-11-12-13-14-15-16-17-18-19-20-21/h2-4,21H,1,5-20H2. The first-order valence-electron chi connectivity index (χ1n) is 9.30. The lowest BCUT2D eigenvalue weighted by atomic mass is 10.0. The molecule has 0 saturated carbocycles. The van der Waals surface area contributed by atoms with Crippen LogP contribution in [0.4, 0.5) is 0 Å². The SMILES string of the molecule is C=CC=CCCCCCCCCCCCCCCCCO. The molecular weight excluding hydrogens is 256 g/mol. The van der Waals surface area contributed by atoms with Crippen molar-refractivity contribution in [1.82, 2.24) is 0 Å². The zero-order chi connectivity index (χ0) is 15.4. The van der Waals surface area contributed by atoms with Gasteiger partial charge in [-0.15, -0.1) is 0 Å². The highest BCUT2D eigenvalue weighted by Crippen LogP contribution is 2.13.